The molecular formula is C19H36N2O2. The van der Waals surface area contributed by atoms with Gasteiger partial charge in [0.2, 0.25) is 0 Å². The van der Waals surface area contributed by atoms with Crippen LogP contribution in [0.15, 0.2) is 0 Å². The molecule has 1 aliphatic rings. The highest BCUT2D eigenvalue weighted by Gasteiger charge is 2.25. The highest BCUT2D eigenvalue weighted by atomic mass is 16.2. The minimum Gasteiger partial charge on any atom is -0.348 e. The smallest absolute Gasteiger partial charge is 0.309 e. The van der Waals surface area contributed by atoms with Crippen LogP contribution in [0.1, 0.15) is 90.9 Å². The fraction of sp³-hybridized carbons (Fsp3) is 0.895. The van der Waals surface area contributed by atoms with Crippen LogP contribution in [-0.4, -0.2) is 24.4 Å². The maximum Gasteiger partial charge on any atom is 0.309 e. The molecule has 23 heavy (non-hydrogen) atoms. The summed E-state index contributed by atoms with van der Waals surface area (Å²) >= 11 is 0. The Hall–Kier alpha value is -1.06. The molecule has 0 spiro atoms. The Morgan fingerprint density at radius 2 is 1.48 bits per heavy atom. The molecule has 0 aromatic rings. The van der Waals surface area contributed by atoms with Crippen molar-refractivity contribution < 1.29 is 9.59 Å². The summed E-state index contributed by atoms with van der Waals surface area (Å²) in [6.07, 6.45) is 14.4. The van der Waals surface area contributed by atoms with E-state index in [2.05, 4.69) is 24.5 Å². The van der Waals surface area contributed by atoms with Gasteiger partial charge in [0.1, 0.15) is 0 Å². The molecular weight excluding hydrogens is 288 g/mol. The number of nitrogens with one attached hydrogen (secondary N) is 2. The average molecular weight is 325 g/mol. The van der Waals surface area contributed by atoms with Crippen molar-refractivity contribution in [1.82, 2.24) is 10.6 Å². The molecule has 1 saturated carbocycles. The third kappa shape index (κ3) is 8.97. The largest absolute Gasteiger partial charge is 0.348 e. The van der Waals surface area contributed by atoms with Gasteiger partial charge in [0.15, 0.2) is 0 Å². The molecule has 2 atom stereocenters. The Kier molecular flexibility index (Phi) is 10.8. The van der Waals surface area contributed by atoms with E-state index in [1.165, 1.54) is 44.9 Å². The number of amides is 2. The Bertz CT molecular complexity index is 344. The lowest BCUT2D eigenvalue weighted by molar-refractivity contribution is -0.140. The molecule has 1 rings (SSSR count). The molecule has 2 N–H and O–H groups in total. The Balaban J connectivity index is 2.01. The second-order valence-corrected chi connectivity index (χ2v) is 7.07. The standard InChI is InChI=1S/C19H36N2O2/c1-3-4-5-6-7-8-9-12-15-20-18(22)19(23)21-17-14-11-10-13-16(17)2/h16-17H,3-15H2,1-2H3,(H,20,22)(H,21,23)/t16-,17-/m1/s1. The van der Waals surface area contributed by atoms with Crippen molar-refractivity contribution in [3.63, 3.8) is 0 Å². The van der Waals surface area contributed by atoms with Gasteiger partial charge in [-0.1, -0.05) is 71.6 Å². The van der Waals surface area contributed by atoms with Gasteiger partial charge in [-0.3, -0.25) is 9.59 Å². The minimum absolute atomic E-state index is 0.171. The van der Waals surface area contributed by atoms with Gasteiger partial charge < -0.3 is 10.6 Å². The van der Waals surface area contributed by atoms with Crippen molar-refractivity contribution in [2.75, 3.05) is 6.54 Å². The normalized spacial score (nSPS) is 21.0. The van der Waals surface area contributed by atoms with E-state index in [0.717, 1.165) is 32.1 Å². The van der Waals surface area contributed by atoms with Crippen LogP contribution in [0, 0.1) is 5.92 Å². The summed E-state index contributed by atoms with van der Waals surface area (Å²) in [5, 5.41) is 5.65. The van der Waals surface area contributed by atoms with Gasteiger partial charge >= 0.3 is 11.8 Å². The third-order valence-corrected chi connectivity index (χ3v) is 4.95. The lowest BCUT2D eigenvalue weighted by Gasteiger charge is -2.29. The number of hydrogen-bond donors (Lipinski definition) is 2. The molecule has 0 heterocycles. The zero-order valence-corrected chi connectivity index (χ0v) is 15.2. The first-order valence-corrected chi connectivity index (χ1v) is 9.73. The number of carbonyl (C=O) groups is 2. The zero-order valence-electron chi connectivity index (χ0n) is 15.2. The maximum absolute atomic E-state index is 11.9. The summed E-state index contributed by atoms with van der Waals surface area (Å²) < 4.78 is 0. The summed E-state index contributed by atoms with van der Waals surface area (Å²) in [5.74, 6) is -0.442. The molecule has 0 saturated heterocycles. The van der Waals surface area contributed by atoms with Crippen LogP contribution in [0.5, 0.6) is 0 Å². The second kappa shape index (κ2) is 12.4. The first-order chi connectivity index (χ1) is 11.1. The Morgan fingerprint density at radius 3 is 2.13 bits per heavy atom. The molecule has 0 aromatic carbocycles. The monoisotopic (exact) mass is 324 g/mol. The number of hydrogen-bond acceptors (Lipinski definition) is 2. The van der Waals surface area contributed by atoms with Crippen LogP contribution in [-0.2, 0) is 9.59 Å². The van der Waals surface area contributed by atoms with Crippen molar-refractivity contribution in [3.05, 3.63) is 0 Å². The molecule has 4 nitrogen and oxygen atoms in total. The van der Waals surface area contributed by atoms with Crippen molar-refractivity contribution in [2.45, 2.75) is 96.9 Å². The molecule has 2 amide bonds. The van der Waals surface area contributed by atoms with Crippen LogP contribution in [0.25, 0.3) is 0 Å². The highest BCUT2D eigenvalue weighted by molar-refractivity contribution is 6.35. The number of unbranched alkanes of at least 4 members (excludes halogenated alkanes) is 7. The molecule has 0 radical (unpaired) electrons. The first kappa shape index (κ1) is 20.0. The topological polar surface area (TPSA) is 58.2 Å². The molecule has 1 fully saturated rings. The van der Waals surface area contributed by atoms with Gasteiger partial charge in [-0.2, -0.15) is 0 Å². The highest BCUT2D eigenvalue weighted by Crippen LogP contribution is 2.23. The lowest BCUT2D eigenvalue weighted by atomic mass is 9.86. The maximum atomic E-state index is 11.9. The molecule has 0 aromatic heterocycles. The van der Waals surface area contributed by atoms with Crippen LogP contribution in [0.3, 0.4) is 0 Å². The van der Waals surface area contributed by atoms with Crippen molar-refractivity contribution >= 4 is 11.8 Å². The van der Waals surface area contributed by atoms with E-state index < -0.39 is 11.8 Å². The van der Waals surface area contributed by atoms with E-state index in [1.54, 1.807) is 0 Å². The van der Waals surface area contributed by atoms with Crippen LogP contribution < -0.4 is 10.6 Å². The van der Waals surface area contributed by atoms with Crippen LogP contribution in [0.2, 0.25) is 0 Å². The Morgan fingerprint density at radius 1 is 0.870 bits per heavy atom. The predicted molar refractivity (Wildman–Crippen MR) is 95.2 cm³/mol. The van der Waals surface area contributed by atoms with Crippen LogP contribution >= 0.6 is 0 Å². The van der Waals surface area contributed by atoms with Gasteiger partial charge in [0, 0.05) is 12.6 Å². The summed E-state index contributed by atoms with van der Waals surface area (Å²) in [6, 6.07) is 0.171. The van der Waals surface area contributed by atoms with Gasteiger partial charge in [-0.05, 0) is 25.2 Å². The average Bonchev–Trinajstić information content (AvgIpc) is 2.55. The predicted octanol–water partition coefficient (Wildman–Crippen LogP) is 3.94. The van der Waals surface area contributed by atoms with Crippen molar-refractivity contribution in [2.24, 2.45) is 5.92 Å². The van der Waals surface area contributed by atoms with E-state index in [1.807, 2.05) is 0 Å². The van der Waals surface area contributed by atoms with Crippen molar-refractivity contribution in [3.8, 4) is 0 Å². The van der Waals surface area contributed by atoms with E-state index in [-0.39, 0.29) is 6.04 Å². The first-order valence-electron chi connectivity index (χ1n) is 9.73. The van der Waals surface area contributed by atoms with Gasteiger partial charge in [0.25, 0.3) is 0 Å². The van der Waals surface area contributed by atoms with Gasteiger partial charge in [0.05, 0.1) is 0 Å². The molecule has 134 valence electrons. The summed E-state index contributed by atoms with van der Waals surface area (Å²) in [5.41, 5.74) is 0. The van der Waals surface area contributed by atoms with E-state index in [9.17, 15) is 9.59 Å². The van der Waals surface area contributed by atoms with Crippen LogP contribution in [0.4, 0.5) is 0 Å². The molecule has 1 aliphatic carbocycles. The van der Waals surface area contributed by atoms with Gasteiger partial charge in [-0.15, -0.1) is 0 Å². The summed E-state index contributed by atoms with van der Waals surface area (Å²) in [6.45, 7) is 5.00. The van der Waals surface area contributed by atoms with E-state index >= 15 is 0 Å². The second-order valence-electron chi connectivity index (χ2n) is 7.07. The fourth-order valence-electron chi connectivity index (χ4n) is 3.31. The molecule has 0 bridgehead atoms. The quantitative estimate of drug-likeness (QED) is 0.472. The molecule has 4 heteroatoms. The Labute approximate surface area is 142 Å². The molecule has 0 aliphatic heterocycles. The van der Waals surface area contributed by atoms with E-state index in [0.29, 0.717) is 12.5 Å². The summed E-state index contributed by atoms with van der Waals surface area (Å²) in [4.78, 5) is 23.7. The van der Waals surface area contributed by atoms with Crippen molar-refractivity contribution in [1.29, 1.82) is 0 Å². The minimum atomic E-state index is -0.467. The molecule has 0 unspecified atom stereocenters. The van der Waals surface area contributed by atoms with Gasteiger partial charge in [-0.25, -0.2) is 0 Å². The third-order valence-electron chi connectivity index (χ3n) is 4.95. The SMILES string of the molecule is CCCCCCCCCCNC(=O)C(=O)N[C@@H]1CCCC[C@H]1C. The van der Waals surface area contributed by atoms with E-state index in [4.69, 9.17) is 0 Å². The lowest BCUT2D eigenvalue weighted by Crippen LogP contribution is -2.47. The number of carbonyl (C=O) groups excluding carboxylic acids is 2. The zero-order chi connectivity index (χ0) is 16.9. The summed E-state index contributed by atoms with van der Waals surface area (Å²) in [7, 11) is 0. The number of rotatable bonds is 10. The fourth-order valence-corrected chi connectivity index (χ4v) is 3.31.